The fourth-order valence-corrected chi connectivity index (χ4v) is 7.24. The van der Waals surface area contributed by atoms with Crippen LogP contribution in [-0.2, 0) is 24.7 Å². The van der Waals surface area contributed by atoms with E-state index in [0.717, 1.165) is 42.9 Å². The molecule has 2 aliphatic carbocycles. The molecule has 0 bridgehead atoms. The summed E-state index contributed by atoms with van der Waals surface area (Å²) in [5.74, 6) is 3.77. The molecule has 0 aliphatic heterocycles. The van der Waals surface area contributed by atoms with Crippen molar-refractivity contribution < 1.29 is 0 Å². The van der Waals surface area contributed by atoms with Gasteiger partial charge in [-0.3, -0.25) is 0 Å². The van der Waals surface area contributed by atoms with Crippen molar-refractivity contribution >= 4 is 0 Å². The highest BCUT2D eigenvalue weighted by Crippen LogP contribution is 2.47. The van der Waals surface area contributed by atoms with Gasteiger partial charge in [-0.05, 0) is 138 Å². The molecule has 202 valence electrons. The second kappa shape index (κ2) is 11.4. The Balaban J connectivity index is 1.30. The summed E-state index contributed by atoms with van der Waals surface area (Å²) in [7, 11) is 0. The van der Waals surface area contributed by atoms with Crippen LogP contribution in [0.5, 0.6) is 0 Å². The smallest absolute Gasteiger partial charge is 0.00201 e. The van der Waals surface area contributed by atoms with E-state index in [1.54, 1.807) is 11.1 Å². The van der Waals surface area contributed by atoms with Crippen LogP contribution < -0.4 is 0 Å². The van der Waals surface area contributed by atoms with Crippen molar-refractivity contribution in [2.75, 3.05) is 0 Å². The number of benzene rings is 3. The molecule has 0 saturated heterocycles. The molecule has 2 saturated carbocycles. The molecular weight excluding hydrogens is 456 g/mol. The quantitative estimate of drug-likeness (QED) is 0.285. The Morgan fingerprint density at radius 3 is 2.05 bits per heavy atom. The summed E-state index contributed by atoms with van der Waals surface area (Å²) < 4.78 is 0. The van der Waals surface area contributed by atoms with Crippen molar-refractivity contribution in [1.82, 2.24) is 0 Å². The van der Waals surface area contributed by atoms with Gasteiger partial charge in [-0.1, -0.05) is 95.3 Å². The maximum atomic E-state index is 2.57. The van der Waals surface area contributed by atoms with Gasteiger partial charge < -0.3 is 0 Å². The number of hydrogen-bond acceptors (Lipinski definition) is 0. The maximum Gasteiger partial charge on any atom is -0.00201 e. The first-order valence-electron chi connectivity index (χ1n) is 15.5. The number of hydrogen-bond donors (Lipinski definition) is 0. The van der Waals surface area contributed by atoms with Crippen LogP contribution in [0, 0.1) is 24.7 Å². The van der Waals surface area contributed by atoms with Crippen LogP contribution in [0.4, 0.5) is 0 Å². The molecule has 1 atom stereocenters. The van der Waals surface area contributed by atoms with E-state index in [9.17, 15) is 0 Å². The van der Waals surface area contributed by atoms with Gasteiger partial charge in [0.05, 0.1) is 0 Å². The van der Waals surface area contributed by atoms with Gasteiger partial charge in [-0.25, -0.2) is 0 Å². The number of aryl methyl sites for hydroxylation is 2. The zero-order valence-electron chi connectivity index (χ0n) is 24.9. The van der Waals surface area contributed by atoms with Gasteiger partial charge in [-0.15, -0.1) is 0 Å². The molecule has 0 heteroatoms. The second-order valence-corrected chi connectivity index (χ2v) is 13.7. The summed E-state index contributed by atoms with van der Waals surface area (Å²) in [5, 5.41) is 0. The van der Waals surface area contributed by atoms with Crippen LogP contribution in [0.1, 0.15) is 124 Å². The highest BCUT2D eigenvalue weighted by molar-refractivity contribution is 5.43. The Morgan fingerprint density at radius 2 is 1.39 bits per heavy atom. The molecule has 2 aliphatic rings. The lowest BCUT2D eigenvalue weighted by atomic mass is 9.72. The molecule has 5 rings (SSSR count). The first-order valence-corrected chi connectivity index (χ1v) is 15.5. The molecule has 0 spiro atoms. The minimum Gasteiger partial charge on any atom is -0.0620 e. The van der Waals surface area contributed by atoms with E-state index in [0.29, 0.717) is 0 Å². The van der Waals surface area contributed by atoms with E-state index in [2.05, 4.69) is 102 Å². The van der Waals surface area contributed by atoms with Gasteiger partial charge in [0.2, 0.25) is 0 Å². The van der Waals surface area contributed by atoms with Gasteiger partial charge in [0.15, 0.2) is 0 Å². The van der Waals surface area contributed by atoms with Crippen molar-refractivity contribution in [2.45, 2.75) is 111 Å². The Hall–Kier alpha value is -2.34. The topological polar surface area (TPSA) is 0 Å². The highest BCUT2D eigenvalue weighted by atomic mass is 14.4. The zero-order valence-corrected chi connectivity index (χ0v) is 24.9. The lowest BCUT2D eigenvalue weighted by Crippen LogP contribution is -2.20. The third kappa shape index (κ3) is 6.27. The lowest BCUT2D eigenvalue weighted by molar-refractivity contribution is 0.225. The molecule has 0 aromatic heterocycles. The van der Waals surface area contributed by atoms with Gasteiger partial charge >= 0.3 is 0 Å². The van der Waals surface area contributed by atoms with Crippen molar-refractivity contribution in [3.8, 4) is 0 Å². The molecule has 0 N–H and O–H groups in total. The summed E-state index contributed by atoms with van der Waals surface area (Å²) in [6, 6.07) is 23.7. The standard InChI is InChI=1S/C38H50/c1-7-29-24-34(32-18-16-31(17-19-32)27(3)30-14-15-30)21-20-33(29)22-28-13-12-26(2)36(23-28)25-35-10-8-9-11-37(35)38(4,5)6/h8-13,20-21,23-24,27,30-32H,7,14-19,22,25H2,1-6H3. The molecule has 0 radical (unpaired) electrons. The van der Waals surface area contributed by atoms with Gasteiger partial charge in [0.25, 0.3) is 0 Å². The Labute approximate surface area is 233 Å². The van der Waals surface area contributed by atoms with Gasteiger partial charge in [-0.2, -0.15) is 0 Å². The van der Waals surface area contributed by atoms with E-state index < -0.39 is 0 Å². The van der Waals surface area contributed by atoms with Crippen LogP contribution in [0.3, 0.4) is 0 Å². The van der Waals surface area contributed by atoms with Crippen LogP contribution >= 0.6 is 0 Å². The van der Waals surface area contributed by atoms with E-state index in [1.807, 2.05) is 0 Å². The molecule has 38 heavy (non-hydrogen) atoms. The van der Waals surface area contributed by atoms with Crippen molar-refractivity contribution in [2.24, 2.45) is 17.8 Å². The van der Waals surface area contributed by atoms with E-state index in [4.69, 9.17) is 0 Å². The first-order chi connectivity index (χ1) is 18.2. The van der Waals surface area contributed by atoms with E-state index >= 15 is 0 Å². The van der Waals surface area contributed by atoms with Crippen molar-refractivity contribution in [3.63, 3.8) is 0 Å². The zero-order chi connectivity index (χ0) is 26.9. The Bertz CT molecular complexity index is 1230. The largest absolute Gasteiger partial charge is 0.0620 e. The monoisotopic (exact) mass is 506 g/mol. The summed E-state index contributed by atoms with van der Waals surface area (Å²) in [4.78, 5) is 0. The summed E-state index contributed by atoms with van der Waals surface area (Å²) in [6.07, 6.45) is 11.8. The minimum atomic E-state index is 0.161. The molecular formula is C38H50. The number of rotatable bonds is 8. The SMILES string of the molecule is CCc1cc(C2CCC(C(C)C3CC3)CC2)ccc1Cc1ccc(C)c(Cc2ccccc2C(C)(C)C)c1. The third-order valence-electron chi connectivity index (χ3n) is 9.98. The van der Waals surface area contributed by atoms with Gasteiger partial charge in [0, 0.05) is 0 Å². The average Bonchev–Trinajstić information content (AvgIpc) is 3.76. The first kappa shape index (κ1) is 27.2. The third-order valence-corrected chi connectivity index (χ3v) is 9.98. The predicted molar refractivity (Wildman–Crippen MR) is 164 cm³/mol. The molecule has 3 aromatic rings. The molecule has 0 amide bonds. The summed E-state index contributed by atoms with van der Waals surface area (Å²) in [5.41, 5.74) is 12.1. The molecule has 0 heterocycles. The predicted octanol–water partition coefficient (Wildman–Crippen LogP) is 10.4. The average molecular weight is 507 g/mol. The normalized spacial score (nSPS) is 20.9. The maximum absolute atomic E-state index is 2.57. The van der Waals surface area contributed by atoms with E-state index in [-0.39, 0.29) is 5.41 Å². The fraction of sp³-hybridized carbons (Fsp3) is 0.526. The van der Waals surface area contributed by atoms with Crippen LogP contribution in [0.25, 0.3) is 0 Å². The van der Waals surface area contributed by atoms with E-state index in [1.165, 1.54) is 71.9 Å². The summed E-state index contributed by atoms with van der Waals surface area (Å²) >= 11 is 0. The Kier molecular flexibility index (Phi) is 8.18. The lowest BCUT2D eigenvalue weighted by Gasteiger charge is -2.33. The summed E-state index contributed by atoms with van der Waals surface area (Å²) in [6.45, 7) is 14.1. The molecule has 1 unspecified atom stereocenters. The van der Waals surface area contributed by atoms with Crippen molar-refractivity contribution in [1.29, 1.82) is 0 Å². The Morgan fingerprint density at radius 1 is 0.711 bits per heavy atom. The van der Waals surface area contributed by atoms with Crippen molar-refractivity contribution in [3.05, 3.63) is 105 Å². The van der Waals surface area contributed by atoms with Crippen LogP contribution in [-0.4, -0.2) is 0 Å². The fourth-order valence-electron chi connectivity index (χ4n) is 7.24. The van der Waals surface area contributed by atoms with Crippen LogP contribution in [0.2, 0.25) is 0 Å². The van der Waals surface area contributed by atoms with Gasteiger partial charge in [0.1, 0.15) is 0 Å². The van der Waals surface area contributed by atoms with Crippen LogP contribution in [0.15, 0.2) is 60.7 Å². The highest BCUT2D eigenvalue weighted by Gasteiger charge is 2.35. The second-order valence-electron chi connectivity index (χ2n) is 13.7. The minimum absolute atomic E-state index is 0.161. The molecule has 2 fully saturated rings. The molecule has 3 aromatic carbocycles. The molecule has 0 nitrogen and oxygen atoms in total.